The van der Waals surface area contributed by atoms with E-state index < -0.39 is 0 Å². The molecule has 5 heteroatoms. The zero-order chi connectivity index (χ0) is 18.1. The molecular formula is C20H24N2O3. The van der Waals surface area contributed by atoms with Gasteiger partial charge in [0, 0.05) is 29.8 Å². The van der Waals surface area contributed by atoms with Gasteiger partial charge in [0.2, 0.25) is 0 Å². The minimum Gasteiger partial charge on any atom is -0.496 e. The Morgan fingerprint density at radius 2 is 1.64 bits per heavy atom. The Kier molecular flexibility index (Phi) is 7.01. The van der Waals surface area contributed by atoms with Crippen LogP contribution in [0.5, 0.6) is 5.75 Å². The first-order valence-corrected chi connectivity index (χ1v) is 8.44. The highest BCUT2D eigenvalue weighted by molar-refractivity contribution is 5.99. The van der Waals surface area contributed by atoms with Crippen LogP contribution in [-0.2, 0) is 6.54 Å². The number of para-hydroxylation sites is 1. The van der Waals surface area contributed by atoms with Crippen molar-refractivity contribution in [3.63, 3.8) is 0 Å². The number of benzene rings is 2. The van der Waals surface area contributed by atoms with Gasteiger partial charge in [-0.1, -0.05) is 37.6 Å². The molecule has 5 nitrogen and oxygen atoms in total. The quantitative estimate of drug-likeness (QED) is 0.726. The topological polar surface area (TPSA) is 67.4 Å². The van der Waals surface area contributed by atoms with E-state index in [9.17, 15) is 9.59 Å². The van der Waals surface area contributed by atoms with E-state index in [0.29, 0.717) is 24.2 Å². The number of carbonyl (C=O) groups excluding carboxylic acids is 2. The molecule has 0 saturated carbocycles. The van der Waals surface area contributed by atoms with Crippen LogP contribution < -0.4 is 15.4 Å². The third-order valence-electron chi connectivity index (χ3n) is 3.83. The molecule has 0 aliphatic heterocycles. The summed E-state index contributed by atoms with van der Waals surface area (Å²) in [6, 6.07) is 14.2. The van der Waals surface area contributed by atoms with Gasteiger partial charge in [0.25, 0.3) is 11.8 Å². The maximum absolute atomic E-state index is 12.4. The Morgan fingerprint density at radius 1 is 0.960 bits per heavy atom. The highest BCUT2D eigenvalue weighted by atomic mass is 16.5. The number of amides is 2. The van der Waals surface area contributed by atoms with Crippen molar-refractivity contribution in [2.45, 2.75) is 26.3 Å². The number of nitrogens with one attached hydrogen (secondary N) is 2. The van der Waals surface area contributed by atoms with Crippen LogP contribution in [0.1, 0.15) is 46.0 Å². The van der Waals surface area contributed by atoms with Crippen molar-refractivity contribution in [3.05, 3.63) is 65.2 Å². The lowest BCUT2D eigenvalue weighted by atomic mass is 10.1. The Hall–Kier alpha value is -2.82. The van der Waals surface area contributed by atoms with Gasteiger partial charge in [-0.25, -0.2) is 0 Å². The fourth-order valence-electron chi connectivity index (χ4n) is 2.41. The number of hydrogen-bond donors (Lipinski definition) is 2. The van der Waals surface area contributed by atoms with Gasteiger partial charge in [-0.3, -0.25) is 9.59 Å². The first kappa shape index (κ1) is 18.5. The van der Waals surface area contributed by atoms with E-state index in [-0.39, 0.29) is 11.8 Å². The Morgan fingerprint density at radius 3 is 2.32 bits per heavy atom. The lowest BCUT2D eigenvalue weighted by Gasteiger charge is -2.10. The van der Waals surface area contributed by atoms with Gasteiger partial charge in [-0.15, -0.1) is 0 Å². The van der Waals surface area contributed by atoms with Crippen molar-refractivity contribution in [1.82, 2.24) is 10.6 Å². The SMILES string of the molecule is CCCCNC(=O)c1cccc(C(=O)NCc2ccccc2OC)c1. The molecule has 0 radical (unpaired) electrons. The fourth-order valence-corrected chi connectivity index (χ4v) is 2.41. The molecule has 2 aromatic rings. The summed E-state index contributed by atoms with van der Waals surface area (Å²) in [6.45, 7) is 3.06. The predicted molar refractivity (Wildman–Crippen MR) is 97.8 cm³/mol. The molecule has 0 fully saturated rings. The fraction of sp³-hybridized carbons (Fsp3) is 0.300. The second-order valence-corrected chi connectivity index (χ2v) is 5.68. The maximum atomic E-state index is 12.4. The molecule has 0 unspecified atom stereocenters. The molecule has 0 aromatic heterocycles. The summed E-state index contributed by atoms with van der Waals surface area (Å²) in [6.07, 6.45) is 1.95. The highest BCUT2D eigenvalue weighted by Crippen LogP contribution is 2.17. The van der Waals surface area contributed by atoms with E-state index in [4.69, 9.17) is 4.74 Å². The molecule has 0 atom stereocenters. The van der Waals surface area contributed by atoms with Gasteiger partial charge in [0.15, 0.2) is 0 Å². The van der Waals surface area contributed by atoms with Crippen molar-refractivity contribution < 1.29 is 14.3 Å². The number of rotatable bonds is 8. The van der Waals surface area contributed by atoms with Crippen LogP contribution in [0, 0.1) is 0 Å². The van der Waals surface area contributed by atoms with Crippen LogP contribution in [0.15, 0.2) is 48.5 Å². The normalized spacial score (nSPS) is 10.2. The minimum absolute atomic E-state index is 0.159. The van der Waals surface area contributed by atoms with Gasteiger partial charge in [0.05, 0.1) is 7.11 Å². The van der Waals surface area contributed by atoms with Gasteiger partial charge in [-0.05, 0) is 30.7 Å². The second-order valence-electron chi connectivity index (χ2n) is 5.68. The summed E-state index contributed by atoms with van der Waals surface area (Å²) in [5.74, 6) is 0.341. The third-order valence-corrected chi connectivity index (χ3v) is 3.83. The molecule has 0 aliphatic carbocycles. The van der Waals surface area contributed by atoms with Crippen molar-refractivity contribution in [3.8, 4) is 5.75 Å². The van der Waals surface area contributed by atoms with Crippen molar-refractivity contribution in [1.29, 1.82) is 0 Å². The van der Waals surface area contributed by atoms with E-state index >= 15 is 0 Å². The van der Waals surface area contributed by atoms with E-state index in [1.807, 2.05) is 24.3 Å². The molecule has 2 amide bonds. The predicted octanol–water partition coefficient (Wildman–Crippen LogP) is 3.16. The second kappa shape index (κ2) is 9.47. The molecular weight excluding hydrogens is 316 g/mol. The molecule has 25 heavy (non-hydrogen) atoms. The van der Waals surface area contributed by atoms with Gasteiger partial charge < -0.3 is 15.4 Å². The summed E-state index contributed by atoms with van der Waals surface area (Å²) in [7, 11) is 1.60. The largest absolute Gasteiger partial charge is 0.496 e. The lowest BCUT2D eigenvalue weighted by Crippen LogP contribution is -2.26. The molecule has 0 spiro atoms. The monoisotopic (exact) mass is 340 g/mol. The minimum atomic E-state index is -0.228. The third kappa shape index (κ3) is 5.35. The van der Waals surface area contributed by atoms with Gasteiger partial charge >= 0.3 is 0 Å². The summed E-state index contributed by atoms with van der Waals surface area (Å²) in [4.78, 5) is 24.5. The van der Waals surface area contributed by atoms with Crippen LogP contribution >= 0.6 is 0 Å². The maximum Gasteiger partial charge on any atom is 0.251 e. The summed E-state index contributed by atoms with van der Waals surface area (Å²) < 4.78 is 5.28. The van der Waals surface area contributed by atoms with Crippen LogP contribution in [0.2, 0.25) is 0 Å². The molecule has 2 N–H and O–H groups in total. The van der Waals surface area contributed by atoms with Gasteiger partial charge in [-0.2, -0.15) is 0 Å². The molecule has 132 valence electrons. The highest BCUT2D eigenvalue weighted by Gasteiger charge is 2.11. The first-order chi connectivity index (χ1) is 12.2. The molecule has 2 rings (SSSR count). The molecule has 2 aromatic carbocycles. The average molecular weight is 340 g/mol. The smallest absolute Gasteiger partial charge is 0.251 e. The van der Waals surface area contributed by atoms with Crippen molar-refractivity contribution in [2.75, 3.05) is 13.7 Å². The molecule has 0 heterocycles. The van der Waals surface area contributed by atoms with Crippen molar-refractivity contribution in [2.24, 2.45) is 0 Å². The molecule has 0 bridgehead atoms. The van der Waals surface area contributed by atoms with Crippen LogP contribution in [-0.4, -0.2) is 25.5 Å². The molecule has 0 aliphatic rings. The number of methoxy groups -OCH3 is 1. The van der Waals surface area contributed by atoms with Gasteiger partial charge in [0.1, 0.15) is 5.75 Å². The van der Waals surface area contributed by atoms with Crippen LogP contribution in [0.4, 0.5) is 0 Å². The van der Waals surface area contributed by atoms with Crippen LogP contribution in [0.3, 0.4) is 0 Å². The van der Waals surface area contributed by atoms with E-state index in [0.717, 1.165) is 24.2 Å². The number of hydrogen-bond acceptors (Lipinski definition) is 3. The zero-order valence-electron chi connectivity index (χ0n) is 14.7. The Bertz CT molecular complexity index is 728. The van der Waals surface area contributed by atoms with E-state index in [2.05, 4.69) is 17.6 Å². The first-order valence-electron chi connectivity index (χ1n) is 8.44. The number of carbonyl (C=O) groups is 2. The van der Waals surface area contributed by atoms with E-state index in [1.165, 1.54) is 0 Å². The Balaban J connectivity index is 2.00. The zero-order valence-corrected chi connectivity index (χ0v) is 14.7. The van der Waals surface area contributed by atoms with Crippen molar-refractivity contribution >= 4 is 11.8 Å². The standard InChI is InChI=1S/C20H24N2O3/c1-3-4-12-21-19(23)15-9-7-10-16(13-15)20(24)22-14-17-8-5-6-11-18(17)25-2/h5-11,13H,3-4,12,14H2,1-2H3,(H,21,23)(H,22,24). The summed E-state index contributed by atoms with van der Waals surface area (Å²) >= 11 is 0. The summed E-state index contributed by atoms with van der Waals surface area (Å²) in [5, 5.41) is 5.71. The Labute approximate surface area is 148 Å². The van der Waals surface area contributed by atoms with E-state index in [1.54, 1.807) is 31.4 Å². The lowest BCUT2D eigenvalue weighted by molar-refractivity contribution is 0.0950. The van der Waals surface area contributed by atoms with Crippen LogP contribution in [0.25, 0.3) is 0 Å². The number of ether oxygens (including phenoxy) is 1. The molecule has 0 saturated heterocycles. The number of unbranched alkanes of at least 4 members (excludes halogenated alkanes) is 1. The average Bonchev–Trinajstić information content (AvgIpc) is 2.66. The summed E-state index contributed by atoms with van der Waals surface area (Å²) in [5.41, 5.74) is 1.84.